The molecule has 33 heavy (non-hydrogen) atoms. The number of hydrogen-bond acceptors (Lipinski definition) is 8. The average Bonchev–Trinajstić information content (AvgIpc) is 3.32. The van der Waals surface area contributed by atoms with E-state index >= 15 is 0 Å². The van der Waals surface area contributed by atoms with Crippen LogP contribution in [0.3, 0.4) is 0 Å². The van der Waals surface area contributed by atoms with Gasteiger partial charge in [0.25, 0.3) is 0 Å². The van der Waals surface area contributed by atoms with Crippen LogP contribution in [0.15, 0.2) is 52.7 Å². The lowest BCUT2D eigenvalue weighted by Gasteiger charge is -2.33. The molecule has 0 bridgehead atoms. The fraction of sp³-hybridized carbons (Fsp3) is 0.304. The van der Waals surface area contributed by atoms with Crippen molar-refractivity contribution in [3.8, 4) is 17.6 Å². The topological polar surface area (TPSA) is 95.8 Å². The van der Waals surface area contributed by atoms with Crippen LogP contribution in [0.1, 0.15) is 16.8 Å². The van der Waals surface area contributed by atoms with Crippen molar-refractivity contribution < 1.29 is 17.9 Å². The third-order valence-electron chi connectivity index (χ3n) is 5.47. The molecule has 2 aromatic carbocycles. The first-order valence-electron chi connectivity index (χ1n) is 10.3. The van der Waals surface area contributed by atoms with E-state index in [-0.39, 0.29) is 10.5 Å². The molecule has 1 aromatic heterocycles. The third kappa shape index (κ3) is 4.95. The van der Waals surface area contributed by atoms with Gasteiger partial charge in [-0.05, 0) is 29.8 Å². The predicted octanol–water partition coefficient (Wildman–Crippen LogP) is 3.13. The Labute approximate surface area is 197 Å². The highest BCUT2D eigenvalue weighted by atomic mass is 32.2. The zero-order valence-corrected chi connectivity index (χ0v) is 20.0. The van der Waals surface area contributed by atoms with E-state index in [0.29, 0.717) is 32.6 Å². The fourth-order valence-electron chi connectivity index (χ4n) is 3.74. The summed E-state index contributed by atoms with van der Waals surface area (Å²) in [4.78, 5) is 6.93. The molecular formula is C23H24N4O4S2. The molecule has 0 saturated carbocycles. The Balaban J connectivity index is 1.43. The standard InChI is InChI=1S/C23H24N4O4S2/c1-30-20-12-17(13-21(14-20)31-2)11-19-16-32-23(25-19)26-7-9-27(10-8-26)33(28,29)22-6-4-3-5-18(22)15-24/h3-6,12-14,16H,7-11H2,1-2H3. The number of sulfonamides is 1. The van der Waals surface area contributed by atoms with Gasteiger partial charge in [-0.25, -0.2) is 13.4 Å². The van der Waals surface area contributed by atoms with E-state index in [1.807, 2.05) is 29.6 Å². The van der Waals surface area contributed by atoms with Gasteiger partial charge >= 0.3 is 0 Å². The minimum absolute atomic E-state index is 0.0613. The van der Waals surface area contributed by atoms with Crippen LogP contribution < -0.4 is 14.4 Å². The molecule has 1 saturated heterocycles. The zero-order chi connectivity index (χ0) is 23.4. The Hall–Kier alpha value is -3.13. The quantitative estimate of drug-likeness (QED) is 0.508. The van der Waals surface area contributed by atoms with Crippen molar-refractivity contribution in [1.29, 1.82) is 5.26 Å². The number of nitriles is 1. The molecule has 172 valence electrons. The van der Waals surface area contributed by atoms with Gasteiger partial charge in [-0.3, -0.25) is 0 Å². The summed E-state index contributed by atoms with van der Waals surface area (Å²) in [6.45, 7) is 1.75. The second kappa shape index (κ2) is 9.79. The molecule has 0 unspecified atom stereocenters. The second-order valence-electron chi connectivity index (χ2n) is 7.52. The molecule has 10 heteroatoms. The van der Waals surface area contributed by atoms with E-state index in [9.17, 15) is 13.7 Å². The Kier molecular flexibility index (Phi) is 6.83. The molecule has 0 radical (unpaired) electrons. The molecule has 0 aliphatic carbocycles. The normalized spacial score (nSPS) is 14.6. The highest BCUT2D eigenvalue weighted by Gasteiger charge is 2.31. The summed E-state index contributed by atoms with van der Waals surface area (Å²) in [5.41, 5.74) is 2.14. The number of benzene rings is 2. The van der Waals surface area contributed by atoms with Crippen molar-refractivity contribution in [3.63, 3.8) is 0 Å². The number of methoxy groups -OCH3 is 2. The first-order valence-corrected chi connectivity index (χ1v) is 12.7. The van der Waals surface area contributed by atoms with E-state index in [1.54, 1.807) is 37.7 Å². The van der Waals surface area contributed by atoms with Crippen LogP contribution >= 0.6 is 11.3 Å². The Morgan fingerprint density at radius 1 is 1.06 bits per heavy atom. The summed E-state index contributed by atoms with van der Waals surface area (Å²) in [7, 11) is -0.469. The number of piperazine rings is 1. The van der Waals surface area contributed by atoms with E-state index in [0.717, 1.165) is 27.9 Å². The van der Waals surface area contributed by atoms with Gasteiger partial charge in [-0.1, -0.05) is 12.1 Å². The lowest BCUT2D eigenvalue weighted by Crippen LogP contribution is -2.48. The predicted molar refractivity (Wildman–Crippen MR) is 127 cm³/mol. The SMILES string of the molecule is COc1cc(Cc2csc(N3CCN(S(=O)(=O)c4ccccc4C#N)CC3)n2)cc(OC)c1. The van der Waals surface area contributed by atoms with Crippen LogP contribution in [0.5, 0.6) is 11.5 Å². The minimum Gasteiger partial charge on any atom is -0.497 e. The fourth-order valence-corrected chi connectivity index (χ4v) is 6.19. The number of nitrogens with zero attached hydrogens (tertiary/aromatic N) is 4. The number of ether oxygens (including phenoxy) is 2. The van der Waals surface area contributed by atoms with E-state index in [4.69, 9.17) is 14.5 Å². The van der Waals surface area contributed by atoms with Crippen molar-refractivity contribution >= 4 is 26.5 Å². The van der Waals surface area contributed by atoms with Gasteiger partial charge in [-0.2, -0.15) is 9.57 Å². The van der Waals surface area contributed by atoms with Crippen LogP contribution in [0.4, 0.5) is 5.13 Å². The highest BCUT2D eigenvalue weighted by Crippen LogP contribution is 2.28. The summed E-state index contributed by atoms with van der Waals surface area (Å²) < 4.78 is 38.2. The zero-order valence-electron chi connectivity index (χ0n) is 18.4. The van der Waals surface area contributed by atoms with Gasteiger partial charge in [0.15, 0.2) is 5.13 Å². The summed E-state index contributed by atoms with van der Waals surface area (Å²) in [6, 6.07) is 14.0. The maximum Gasteiger partial charge on any atom is 0.244 e. The van der Waals surface area contributed by atoms with Gasteiger partial charge in [0, 0.05) is 44.0 Å². The van der Waals surface area contributed by atoms with Crippen molar-refractivity contribution in [2.24, 2.45) is 0 Å². The van der Waals surface area contributed by atoms with Crippen molar-refractivity contribution in [3.05, 3.63) is 64.7 Å². The molecule has 8 nitrogen and oxygen atoms in total. The number of thiazole rings is 1. The van der Waals surface area contributed by atoms with E-state index < -0.39 is 10.0 Å². The third-order valence-corrected chi connectivity index (χ3v) is 8.38. The first-order chi connectivity index (χ1) is 15.9. The van der Waals surface area contributed by atoms with Crippen LogP contribution in [0.25, 0.3) is 0 Å². The van der Waals surface area contributed by atoms with Crippen LogP contribution in [-0.2, 0) is 16.4 Å². The molecule has 1 aliphatic rings. The molecular weight excluding hydrogens is 460 g/mol. The molecule has 4 rings (SSSR count). The van der Waals surface area contributed by atoms with Crippen molar-refractivity contribution in [2.45, 2.75) is 11.3 Å². The lowest BCUT2D eigenvalue weighted by molar-refractivity contribution is 0.384. The van der Waals surface area contributed by atoms with Gasteiger partial charge in [0.1, 0.15) is 17.6 Å². The van der Waals surface area contributed by atoms with Crippen molar-refractivity contribution in [2.75, 3.05) is 45.3 Å². The van der Waals surface area contributed by atoms with Gasteiger partial charge < -0.3 is 14.4 Å². The molecule has 0 N–H and O–H groups in total. The van der Waals surface area contributed by atoms with Gasteiger partial charge in [0.05, 0.1) is 30.4 Å². The number of rotatable bonds is 7. The Morgan fingerprint density at radius 2 is 1.73 bits per heavy atom. The number of aromatic nitrogens is 1. The van der Waals surface area contributed by atoms with Crippen molar-refractivity contribution in [1.82, 2.24) is 9.29 Å². The van der Waals surface area contributed by atoms with Gasteiger partial charge in [0.2, 0.25) is 10.0 Å². The Bertz CT molecular complexity index is 1250. The average molecular weight is 485 g/mol. The van der Waals surface area contributed by atoms with Crippen LogP contribution in [0, 0.1) is 11.3 Å². The second-order valence-corrected chi connectivity index (χ2v) is 10.3. The summed E-state index contributed by atoms with van der Waals surface area (Å²) in [5.74, 6) is 1.46. The van der Waals surface area contributed by atoms with Crippen LogP contribution in [-0.4, -0.2) is 58.1 Å². The number of hydrogen-bond donors (Lipinski definition) is 0. The monoisotopic (exact) mass is 484 g/mol. The smallest absolute Gasteiger partial charge is 0.244 e. The molecule has 1 aliphatic heterocycles. The summed E-state index contributed by atoms with van der Waals surface area (Å²) >= 11 is 1.55. The Morgan fingerprint density at radius 3 is 2.36 bits per heavy atom. The maximum atomic E-state index is 13.0. The summed E-state index contributed by atoms with van der Waals surface area (Å²) in [6.07, 6.45) is 0.642. The maximum absolute atomic E-state index is 13.0. The van der Waals surface area contributed by atoms with E-state index in [1.165, 1.54) is 16.4 Å². The molecule has 2 heterocycles. The molecule has 1 fully saturated rings. The number of anilines is 1. The molecule has 0 amide bonds. The van der Waals surface area contributed by atoms with Gasteiger partial charge in [-0.15, -0.1) is 11.3 Å². The van der Waals surface area contributed by atoms with E-state index in [2.05, 4.69) is 4.90 Å². The largest absolute Gasteiger partial charge is 0.497 e. The molecule has 3 aromatic rings. The lowest BCUT2D eigenvalue weighted by atomic mass is 10.1. The first kappa shape index (κ1) is 23.0. The highest BCUT2D eigenvalue weighted by molar-refractivity contribution is 7.89. The minimum atomic E-state index is -3.72. The molecule has 0 spiro atoms. The summed E-state index contributed by atoms with van der Waals surface area (Å²) in [5, 5.41) is 12.2. The van der Waals surface area contributed by atoms with Crippen LogP contribution in [0.2, 0.25) is 0 Å². The molecule has 0 atom stereocenters.